The van der Waals surface area contributed by atoms with Crippen molar-refractivity contribution in [3.05, 3.63) is 35.6 Å². The molecule has 0 saturated carbocycles. The summed E-state index contributed by atoms with van der Waals surface area (Å²) in [6.45, 7) is 3.12. The van der Waals surface area contributed by atoms with Crippen molar-refractivity contribution in [2.45, 2.75) is 13.8 Å². The smallest absolute Gasteiger partial charge is 0.345 e. The van der Waals surface area contributed by atoms with Crippen molar-refractivity contribution in [1.29, 1.82) is 5.41 Å². The van der Waals surface area contributed by atoms with Crippen molar-refractivity contribution >= 4 is 22.8 Å². The van der Waals surface area contributed by atoms with E-state index < -0.39 is 5.97 Å². The van der Waals surface area contributed by atoms with Gasteiger partial charge < -0.3 is 9.84 Å². The van der Waals surface area contributed by atoms with Crippen LogP contribution in [0.25, 0.3) is 11.0 Å². The van der Waals surface area contributed by atoms with Gasteiger partial charge in [-0.1, -0.05) is 17.3 Å². The Labute approximate surface area is 115 Å². The summed E-state index contributed by atoms with van der Waals surface area (Å²) in [7, 11) is 0. The molecule has 20 heavy (non-hydrogen) atoms. The van der Waals surface area contributed by atoms with Gasteiger partial charge in [0.05, 0.1) is 12.1 Å². The lowest BCUT2D eigenvalue weighted by Gasteiger charge is -2.09. The zero-order chi connectivity index (χ0) is 14.7. The van der Waals surface area contributed by atoms with Crippen molar-refractivity contribution in [2.75, 3.05) is 6.61 Å². The highest BCUT2D eigenvalue weighted by molar-refractivity contribution is 6.19. The first-order chi connectivity index (χ1) is 9.56. The summed E-state index contributed by atoms with van der Waals surface area (Å²) in [6, 6.07) is 7.03. The molecule has 2 aromatic rings. The predicted octanol–water partition coefficient (Wildman–Crippen LogP) is 1.65. The van der Waals surface area contributed by atoms with Crippen LogP contribution in [-0.4, -0.2) is 38.5 Å². The third-order valence-electron chi connectivity index (χ3n) is 2.64. The number of aliphatic hydroxyl groups excluding tert-OH is 1. The third kappa shape index (κ3) is 2.37. The molecule has 0 saturated heterocycles. The van der Waals surface area contributed by atoms with Crippen LogP contribution in [-0.2, 0) is 9.53 Å². The van der Waals surface area contributed by atoms with Gasteiger partial charge in [0, 0.05) is 0 Å². The Balaban J connectivity index is 2.48. The third-order valence-corrected chi connectivity index (χ3v) is 2.64. The summed E-state index contributed by atoms with van der Waals surface area (Å²) >= 11 is 0. The Hall–Kier alpha value is -2.70. The van der Waals surface area contributed by atoms with Crippen molar-refractivity contribution < 1.29 is 14.6 Å². The Kier molecular flexibility index (Phi) is 3.79. The van der Waals surface area contributed by atoms with E-state index in [1.165, 1.54) is 11.6 Å². The number of nitrogens with zero attached hydrogens (tertiary/aromatic N) is 3. The first-order valence-electron chi connectivity index (χ1n) is 6.03. The lowest BCUT2D eigenvalue weighted by molar-refractivity contribution is -0.138. The molecular weight excluding hydrogens is 260 g/mol. The van der Waals surface area contributed by atoms with E-state index in [9.17, 15) is 9.90 Å². The van der Waals surface area contributed by atoms with Gasteiger partial charge in [0.15, 0.2) is 5.84 Å². The number of esters is 1. The summed E-state index contributed by atoms with van der Waals surface area (Å²) < 4.78 is 6.02. The van der Waals surface area contributed by atoms with Crippen LogP contribution in [0.4, 0.5) is 0 Å². The number of fused-ring (bicyclic) bond motifs is 1. The molecule has 0 aliphatic carbocycles. The molecule has 2 rings (SSSR count). The molecule has 7 heteroatoms. The van der Waals surface area contributed by atoms with Crippen LogP contribution in [0, 0.1) is 5.41 Å². The van der Waals surface area contributed by atoms with Gasteiger partial charge >= 0.3 is 5.97 Å². The van der Waals surface area contributed by atoms with Gasteiger partial charge in [-0.3, -0.25) is 5.41 Å². The Morgan fingerprint density at radius 3 is 2.80 bits per heavy atom. The average Bonchev–Trinajstić information content (AvgIpc) is 2.82. The van der Waals surface area contributed by atoms with E-state index in [-0.39, 0.29) is 23.8 Å². The summed E-state index contributed by atoms with van der Waals surface area (Å²) in [6.07, 6.45) is 0. The molecule has 0 amide bonds. The van der Waals surface area contributed by atoms with Crippen molar-refractivity contribution in [2.24, 2.45) is 0 Å². The molecule has 7 nitrogen and oxygen atoms in total. The molecule has 0 fully saturated rings. The van der Waals surface area contributed by atoms with E-state index in [0.717, 1.165) is 0 Å². The van der Waals surface area contributed by atoms with E-state index in [2.05, 4.69) is 10.3 Å². The normalized spacial score (nSPS) is 12.1. The second kappa shape index (κ2) is 5.52. The average molecular weight is 274 g/mol. The molecule has 0 unspecified atom stereocenters. The fourth-order valence-electron chi connectivity index (χ4n) is 1.76. The molecule has 104 valence electrons. The quantitative estimate of drug-likeness (QED) is 0.291. The van der Waals surface area contributed by atoms with Crippen LogP contribution in [0.15, 0.2) is 35.6 Å². The minimum Gasteiger partial charge on any atom is -0.512 e. The minimum absolute atomic E-state index is 0.154. The second-order valence-electron chi connectivity index (χ2n) is 4.02. The summed E-state index contributed by atoms with van der Waals surface area (Å²) in [4.78, 5) is 11.8. The van der Waals surface area contributed by atoms with Gasteiger partial charge in [-0.15, -0.1) is 5.10 Å². The standard InChI is InChI=1S/C13H14N4O3/c1-3-20-13(19)11(8(2)18)12(14)17-10-7-5-4-6-9(10)15-16-17/h4-7,14,18H,3H2,1-2H3. The van der Waals surface area contributed by atoms with Gasteiger partial charge in [0.1, 0.15) is 16.8 Å². The number of ether oxygens (including phenoxy) is 1. The molecule has 1 aromatic carbocycles. The van der Waals surface area contributed by atoms with Crippen LogP contribution >= 0.6 is 0 Å². The van der Waals surface area contributed by atoms with E-state index in [0.29, 0.717) is 11.0 Å². The summed E-state index contributed by atoms with van der Waals surface area (Å²) in [5, 5.41) is 25.4. The van der Waals surface area contributed by atoms with Crippen LogP contribution < -0.4 is 0 Å². The zero-order valence-electron chi connectivity index (χ0n) is 11.1. The Morgan fingerprint density at radius 2 is 2.15 bits per heavy atom. The zero-order valence-corrected chi connectivity index (χ0v) is 11.1. The maximum Gasteiger partial charge on any atom is 0.345 e. The highest BCUT2D eigenvalue weighted by Crippen LogP contribution is 2.14. The molecule has 0 radical (unpaired) electrons. The molecule has 1 heterocycles. The molecule has 0 atom stereocenters. The van der Waals surface area contributed by atoms with Crippen LogP contribution in [0.5, 0.6) is 0 Å². The number of para-hydroxylation sites is 1. The molecule has 0 aliphatic heterocycles. The lowest BCUT2D eigenvalue weighted by Crippen LogP contribution is -2.24. The van der Waals surface area contributed by atoms with Gasteiger partial charge in [0.25, 0.3) is 0 Å². The second-order valence-corrected chi connectivity index (χ2v) is 4.02. The lowest BCUT2D eigenvalue weighted by atomic mass is 10.2. The number of aliphatic hydroxyl groups is 1. The number of carbonyl (C=O) groups excluding carboxylic acids is 1. The monoisotopic (exact) mass is 274 g/mol. The van der Waals surface area contributed by atoms with Gasteiger partial charge in [-0.05, 0) is 26.0 Å². The Bertz CT molecular complexity index is 698. The molecule has 1 aromatic heterocycles. The number of rotatable bonds is 3. The SMILES string of the molecule is CCOC(=O)C(C(=N)n1nnc2ccccc21)=C(C)O. The molecule has 0 bridgehead atoms. The van der Waals surface area contributed by atoms with Crippen molar-refractivity contribution in [1.82, 2.24) is 15.0 Å². The Morgan fingerprint density at radius 1 is 1.45 bits per heavy atom. The number of nitrogens with one attached hydrogen (secondary N) is 1. The van der Waals surface area contributed by atoms with Crippen molar-refractivity contribution in [3.63, 3.8) is 0 Å². The minimum atomic E-state index is -0.767. The first-order valence-corrected chi connectivity index (χ1v) is 6.03. The van der Waals surface area contributed by atoms with Crippen LogP contribution in [0.2, 0.25) is 0 Å². The maximum atomic E-state index is 11.8. The predicted molar refractivity (Wildman–Crippen MR) is 72.6 cm³/mol. The van der Waals surface area contributed by atoms with Gasteiger partial charge in [0.2, 0.25) is 0 Å². The van der Waals surface area contributed by atoms with E-state index in [1.54, 1.807) is 31.2 Å². The topological polar surface area (TPSA) is 101 Å². The number of hydrogen-bond acceptors (Lipinski definition) is 6. The summed E-state index contributed by atoms with van der Waals surface area (Å²) in [5.74, 6) is -1.35. The number of aromatic nitrogens is 3. The fraction of sp³-hybridized carbons (Fsp3) is 0.231. The van der Waals surface area contributed by atoms with Crippen LogP contribution in [0.1, 0.15) is 13.8 Å². The van der Waals surface area contributed by atoms with Crippen molar-refractivity contribution in [3.8, 4) is 0 Å². The fourth-order valence-corrected chi connectivity index (χ4v) is 1.76. The van der Waals surface area contributed by atoms with Gasteiger partial charge in [-0.25, -0.2) is 4.79 Å². The van der Waals surface area contributed by atoms with E-state index in [1.807, 2.05) is 0 Å². The van der Waals surface area contributed by atoms with Crippen LogP contribution in [0.3, 0.4) is 0 Å². The van der Waals surface area contributed by atoms with E-state index >= 15 is 0 Å². The number of carbonyl (C=O) groups is 1. The number of allylic oxidation sites excluding steroid dienone is 1. The van der Waals surface area contributed by atoms with Gasteiger partial charge in [-0.2, -0.15) is 4.68 Å². The van der Waals surface area contributed by atoms with E-state index in [4.69, 9.17) is 10.1 Å². The largest absolute Gasteiger partial charge is 0.512 e. The first kappa shape index (κ1) is 13.7. The highest BCUT2D eigenvalue weighted by Gasteiger charge is 2.23. The molecule has 0 spiro atoms. The highest BCUT2D eigenvalue weighted by atomic mass is 16.5. The summed E-state index contributed by atoms with van der Waals surface area (Å²) in [5.41, 5.74) is 0.930. The maximum absolute atomic E-state index is 11.8. The number of benzene rings is 1. The molecule has 2 N–H and O–H groups in total. The molecular formula is C13H14N4O3. The number of hydrogen-bond donors (Lipinski definition) is 2. The molecule has 0 aliphatic rings.